The van der Waals surface area contributed by atoms with E-state index in [4.69, 9.17) is 0 Å². The lowest BCUT2D eigenvalue weighted by Crippen LogP contribution is -2.54. The van der Waals surface area contributed by atoms with Crippen molar-refractivity contribution < 1.29 is 14.4 Å². The quantitative estimate of drug-likeness (QED) is 0.747. The summed E-state index contributed by atoms with van der Waals surface area (Å²) in [6.07, 6.45) is 5.13. The molecule has 1 aromatic heterocycles. The SMILES string of the molecule is CC1CCCCC12NC(=O)N(CC(=O)NC(c1ccccc1)c1ccccn1)C2=O. The predicted octanol–water partition coefficient (Wildman–Crippen LogP) is 2.79. The maximum absolute atomic E-state index is 13.1. The molecule has 4 amide bonds. The van der Waals surface area contributed by atoms with Crippen molar-refractivity contribution in [3.05, 3.63) is 66.0 Å². The Bertz CT molecular complexity index is 894. The Hall–Kier alpha value is -3.22. The monoisotopic (exact) mass is 406 g/mol. The summed E-state index contributed by atoms with van der Waals surface area (Å²) >= 11 is 0. The third-order valence-corrected chi connectivity index (χ3v) is 6.22. The maximum Gasteiger partial charge on any atom is 0.325 e. The average molecular weight is 406 g/mol. The lowest BCUT2D eigenvalue weighted by atomic mass is 9.73. The molecule has 156 valence electrons. The van der Waals surface area contributed by atoms with Gasteiger partial charge in [-0.2, -0.15) is 0 Å². The molecular weight excluding hydrogens is 380 g/mol. The van der Waals surface area contributed by atoms with Gasteiger partial charge < -0.3 is 10.6 Å². The highest BCUT2D eigenvalue weighted by Crippen LogP contribution is 2.38. The largest absolute Gasteiger partial charge is 0.342 e. The zero-order valence-electron chi connectivity index (χ0n) is 17.0. The number of hydrogen-bond donors (Lipinski definition) is 2. The smallest absolute Gasteiger partial charge is 0.325 e. The van der Waals surface area contributed by atoms with Crippen molar-refractivity contribution in [2.75, 3.05) is 6.54 Å². The van der Waals surface area contributed by atoms with Crippen molar-refractivity contribution in [1.29, 1.82) is 0 Å². The lowest BCUT2D eigenvalue weighted by Gasteiger charge is -2.36. The molecule has 1 spiro atoms. The number of aromatic nitrogens is 1. The highest BCUT2D eigenvalue weighted by molar-refractivity contribution is 6.09. The Morgan fingerprint density at radius 3 is 2.67 bits per heavy atom. The van der Waals surface area contributed by atoms with Crippen molar-refractivity contribution >= 4 is 17.8 Å². The highest BCUT2D eigenvalue weighted by Gasteiger charge is 2.55. The van der Waals surface area contributed by atoms with Crippen LogP contribution in [-0.2, 0) is 9.59 Å². The summed E-state index contributed by atoms with van der Waals surface area (Å²) in [6, 6.07) is 14.1. The van der Waals surface area contributed by atoms with Crippen molar-refractivity contribution in [2.24, 2.45) is 5.92 Å². The van der Waals surface area contributed by atoms with Gasteiger partial charge >= 0.3 is 6.03 Å². The van der Waals surface area contributed by atoms with E-state index in [1.165, 1.54) is 0 Å². The number of hydrogen-bond acceptors (Lipinski definition) is 4. The van der Waals surface area contributed by atoms with Gasteiger partial charge in [0.2, 0.25) is 5.91 Å². The summed E-state index contributed by atoms with van der Waals surface area (Å²) in [5, 5.41) is 5.83. The van der Waals surface area contributed by atoms with Crippen LogP contribution in [-0.4, -0.2) is 39.8 Å². The summed E-state index contributed by atoms with van der Waals surface area (Å²) in [6.45, 7) is 1.68. The summed E-state index contributed by atoms with van der Waals surface area (Å²) in [7, 11) is 0. The van der Waals surface area contributed by atoms with Gasteiger partial charge in [-0.25, -0.2) is 4.79 Å². The van der Waals surface area contributed by atoms with Gasteiger partial charge in [0.15, 0.2) is 0 Å². The van der Waals surface area contributed by atoms with Crippen LogP contribution in [0.5, 0.6) is 0 Å². The van der Waals surface area contributed by atoms with Gasteiger partial charge in [0.1, 0.15) is 12.1 Å². The number of benzene rings is 1. The van der Waals surface area contributed by atoms with E-state index in [2.05, 4.69) is 15.6 Å². The van der Waals surface area contributed by atoms with Gasteiger partial charge in [-0.05, 0) is 36.5 Å². The molecule has 2 fully saturated rings. The molecule has 2 aliphatic rings. The van der Waals surface area contributed by atoms with Crippen LogP contribution in [0.4, 0.5) is 4.79 Å². The van der Waals surface area contributed by atoms with E-state index in [9.17, 15) is 14.4 Å². The molecule has 2 aromatic rings. The zero-order valence-corrected chi connectivity index (χ0v) is 17.0. The Morgan fingerprint density at radius 2 is 1.97 bits per heavy atom. The van der Waals surface area contributed by atoms with E-state index in [1.54, 1.807) is 6.20 Å². The van der Waals surface area contributed by atoms with Crippen LogP contribution in [0.15, 0.2) is 54.7 Å². The molecule has 1 aliphatic carbocycles. The molecule has 2 heterocycles. The molecule has 0 bridgehead atoms. The number of nitrogens with zero attached hydrogens (tertiary/aromatic N) is 2. The van der Waals surface area contributed by atoms with E-state index in [1.807, 2.05) is 55.5 Å². The molecule has 3 atom stereocenters. The molecule has 1 saturated carbocycles. The summed E-state index contributed by atoms with van der Waals surface area (Å²) in [5.74, 6) is -0.635. The van der Waals surface area contributed by atoms with Gasteiger partial charge in [0.25, 0.3) is 5.91 Å². The van der Waals surface area contributed by atoms with Gasteiger partial charge in [-0.1, -0.05) is 56.2 Å². The van der Waals surface area contributed by atoms with E-state index in [0.717, 1.165) is 29.7 Å². The van der Waals surface area contributed by atoms with Crippen LogP contribution in [0.3, 0.4) is 0 Å². The fraction of sp³-hybridized carbons (Fsp3) is 0.391. The number of carbonyl (C=O) groups is 3. The summed E-state index contributed by atoms with van der Waals surface area (Å²) < 4.78 is 0. The molecule has 7 nitrogen and oxygen atoms in total. The molecule has 1 aliphatic heterocycles. The van der Waals surface area contributed by atoms with Crippen molar-refractivity contribution in [3.63, 3.8) is 0 Å². The Morgan fingerprint density at radius 1 is 1.20 bits per heavy atom. The second-order valence-corrected chi connectivity index (χ2v) is 8.11. The van der Waals surface area contributed by atoms with Crippen molar-refractivity contribution in [2.45, 2.75) is 44.2 Å². The second kappa shape index (κ2) is 8.26. The van der Waals surface area contributed by atoms with Gasteiger partial charge in [0.05, 0.1) is 11.7 Å². The number of urea groups is 1. The van der Waals surface area contributed by atoms with Crippen molar-refractivity contribution in [3.8, 4) is 0 Å². The summed E-state index contributed by atoms with van der Waals surface area (Å²) in [5.41, 5.74) is 0.695. The first-order chi connectivity index (χ1) is 14.5. The number of imide groups is 1. The number of pyridine rings is 1. The maximum atomic E-state index is 13.1. The first kappa shape index (κ1) is 20.1. The summed E-state index contributed by atoms with van der Waals surface area (Å²) in [4.78, 5) is 44.0. The molecule has 1 aromatic carbocycles. The topological polar surface area (TPSA) is 91.4 Å². The number of nitrogens with one attached hydrogen (secondary N) is 2. The van der Waals surface area contributed by atoms with E-state index in [0.29, 0.717) is 12.1 Å². The van der Waals surface area contributed by atoms with E-state index in [-0.39, 0.29) is 18.4 Å². The lowest BCUT2D eigenvalue weighted by molar-refractivity contribution is -0.137. The fourth-order valence-electron chi connectivity index (χ4n) is 4.51. The average Bonchev–Trinajstić information content (AvgIpc) is 3.00. The number of amides is 4. The Balaban J connectivity index is 1.51. The zero-order chi connectivity index (χ0) is 21.1. The molecule has 2 N–H and O–H groups in total. The Labute approximate surface area is 175 Å². The fourth-order valence-corrected chi connectivity index (χ4v) is 4.51. The van der Waals surface area contributed by atoms with Crippen molar-refractivity contribution in [1.82, 2.24) is 20.5 Å². The molecule has 7 heteroatoms. The number of rotatable bonds is 5. The van der Waals surface area contributed by atoms with Crippen LogP contribution in [0.1, 0.15) is 49.9 Å². The molecule has 1 saturated heterocycles. The normalized spacial score (nSPS) is 24.6. The molecule has 3 unspecified atom stereocenters. The first-order valence-corrected chi connectivity index (χ1v) is 10.4. The second-order valence-electron chi connectivity index (χ2n) is 8.11. The van der Waals surface area contributed by atoms with E-state index < -0.39 is 23.5 Å². The molecular formula is C23H26N4O3. The van der Waals surface area contributed by atoms with Crippen LogP contribution >= 0.6 is 0 Å². The van der Waals surface area contributed by atoms with Crippen LogP contribution in [0.2, 0.25) is 0 Å². The Kier molecular flexibility index (Phi) is 5.53. The molecule has 30 heavy (non-hydrogen) atoms. The first-order valence-electron chi connectivity index (χ1n) is 10.4. The third-order valence-electron chi connectivity index (χ3n) is 6.22. The van der Waals surface area contributed by atoms with E-state index >= 15 is 0 Å². The molecule has 0 radical (unpaired) electrons. The molecule has 4 rings (SSSR count). The number of carbonyl (C=O) groups excluding carboxylic acids is 3. The van der Waals surface area contributed by atoms with Gasteiger partial charge in [-0.3, -0.25) is 19.5 Å². The predicted molar refractivity (Wildman–Crippen MR) is 111 cm³/mol. The van der Waals surface area contributed by atoms with Gasteiger partial charge in [-0.15, -0.1) is 0 Å². The standard InChI is InChI=1S/C23H26N4O3/c1-16-9-5-7-13-23(16)21(29)27(22(30)26-23)15-19(28)25-20(17-10-3-2-4-11-17)18-12-6-8-14-24-18/h2-4,6,8,10-12,14,16,20H,5,7,9,13,15H2,1H3,(H,25,28)(H,26,30). The van der Waals surface area contributed by atoms with Crippen LogP contribution in [0, 0.1) is 5.92 Å². The van der Waals surface area contributed by atoms with Gasteiger partial charge in [0, 0.05) is 6.20 Å². The van der Waals surface area contributed by atoms with Crippen LogP contribution < -0.4 is 10.6 Å². The van der Waals surface area contributed by atoms with Crippen LogP contribution in [0.25, 0.3) is 0 Å². The minimum Gasteiger partial charge on any atom is -0.342 e. The highest BCUT2D eigenvalue weighted by atomic mass is 16.2. The minimum absolute atomic E-state index is 0.0568. The third kappa shape index (κ3) is 3.67. The minimum atomic E-state index is -0.866.